The van der Waals surface area contributed by atoms with Crippen molar-refractivity contribution in [3.05, 3.63) is 24.3 Å². The average molecular weight is 235 g/mol. The molecule has 0 bridgehead atoms. The van der Waals surface area contributed by atoms with Gasteiger partial charge in [0.1, 0.15) is 19.4 Å². The van der Waals surface area contributed by atoms with E-state index in [1.54, 1.807) is 7.11 Å². The van der Waals surface area contributed by atoms with E-state index in [-0.39, 0.29) is 5.85 Å². The fraction of sp³-hybridized carbons (Fsp3) is 0.455. The number of methoxy groups -OCH3 is 1. The van der Waals surface area contributed by atoms with Crippen LogP contribution < -0.4 is 0 Å². The third-order valence-corrected chi connectivity index (χ3v) is 4.53. The van der Waals surface area contributed by atoms with Gasteiger partial charge in [-0.1, -0.05) is 37.0 Å². The summed E-state index contributed by atoms with van der Waals surface area (Å²) in [4.78, 5) is 0. The Kier molecular flexibility index (Phi) is 2.81. The highest BCUT2D eigenvalue weighted by atomic mass is 28.3. The van der Waals surface area contributed by atoms with E-state index >= 15 is 0 Å². The van der Waals surface area contributed by atoms with Crippen molar-refractivity contribution in [3.63, 3.8) is 0 Å². The van der Waals surface area contributed by atoms with E-state index in [2.05, 4.69) is 30.0 Å². The third kappa shape index (κ3) is 1.88. The molecule has 16 heavy (non-hydrogen) atoms. The Morgan fingerprint density at radius 2 is 1.94 bits per heavy atom. The number of hydrogen-bond acceptors (Lipinski definition) is 3. The van der Waals surface area contributed by atoms with Gasteiger partial charge in [-0.05, 0) is 12.1 Å². The molecule has 0 saturated carbocycles. The lowest BCUT2D eigenvalue weighted by atomic mass is 10.3. The van der Waals surface area contributed by atoms with Crippen LogP contribution in [0.25, 0.3) is 11.0 Å². The fourth-order valence-corrected chi connectivity index (χ4v) is 3.51. The number of rotatable bonds is 3. The molecule has 1 heterocycles. The fourth-order valence-electron chi connectivity index (χ4n) is 1.88. The van der Waals surface area contributed by atoms with Crippen molar-refractivity contribution < 1.29 is 4.74 Å². The summed E-state index contributed by atoms with van der Waals surface area (Å²) < 4.78 is 7.49. The Morgan fingerprint density at radius 1 is 1.25 bits per heavy atom. The van der Waals surface area contributed by atoms with Crippen LogP contribution in [0.15, 0.2) is 24.3 Å². The molecule has 1 atom stereocenters. The molecule has 2 rings (SSSR count). The smallest absolute Gasteiger partial charge is 0.136 e. The lowest BCUT2D eigenvalue weighted by Crippen LogP contribution is -2.37. The van der Waals surface area contributed by atoms with Crippen LogP contribution in [-0.2, 0) is 4.74 Å². The van der Waals surface area contributed by atoms with E-state index in [1.807, 2.05) is 28.9 Å². The molecule has 4 nitrogen and oxygen atoms in total. The van der Waals surface area contributed by atoms with Crippen molar-refractivity contribution in [3.8, 4) is 0 Å². The maximum Gasteiger partial charge on any atom is 0.136 e. The number of benzene rings is 1. The van der Waals surface area contributed by atoms with Gasteiger partial charge in [0.25, 0.3) is 0 Å². The van der Waals surface area contributed by atoms with Crippen molar-refractivity contribution >= 4 is 19.1 Å². The van der Waals surface area contributed by atoms with Crippen LogP contribution >= 0.6 is 0 Å². The molecule has 0 aliphatic carbocycles. The second-order valence-electron chi connectivity index (χ2n) is 4.98. The highest BCUT2D eigenvalue weighted by molar-refractivity contribution is 6.76. The first-order valence-corrected chi connectivity index (χ1v) is 8.94. The average Bonchev–Trinajstić information content (AvgIpc) is 2.61. The molecular formula is C11H17N3OSi. The maximum absolute atomic E-state index is 5.59. The Balaban J connectivity index is 2.54. The molecule has 0 amide bonds. The number of hydrogen-bond donors (Lipinski definition) is 0. The Morgan fingerprint density at radius 3 is 2.56 bits per heavy atom. The molecule has 0 radical (unpaired) electrons. The second kappa shape index (κ2) is 3.99. The molecule has 0 fully saturated rings. The molecule has 5 heteroatoms. The van der Waals surface area contributed by atoms with Gasteiger partial charge in [0.2, 0.25) is 0 Å². The molecule has 1 aromatic carbocycles. The molecule has 1 aromatic heterocycles. The van der Waals surface area contributed by atoms with Crippen LogP contribution in [0.5, 0.6) is 0 Å². The predicted molar refractivity (Wildman–Crippen MR) is 66.9 cm³/mol. The van der Waals surface area contributed by atoms with E-state index in [0.29, 0.717) is 0 Å². The molecule has 1 unspecified atom stereocenters. The summed E-state index contributed by atoms with van der Waals surface area (Å²) in [5, 5.41) is 8.37. The van der Waals surface area contributed by atoms with Crippen LogP contribution in [0.1, 0.15) is 5.85 Å². The van der Waals surface area contributed by atoms with Crippen molar-refractivity contribution in [2.45, 2.75) is 25.5 Å². The van der Waals surface area contributed by atoms with Crippen LogP contribution in [0, 0.1) is 0 Å². The van der Waals surface area contributed by atoms with Gasteiger partial charge in [0.05, 0.1) is 5.52 Å². The zero-order valence-corrected chi connectivity index (χ0v) is 11.1. The summed E-state index contributed by atoms with van der Waals surface area (Å²) in [6.07, 6.45) is 0. The Bertz CT molecular complexity index is 489. The molecule has 0 aliphatic heterocycles. The quantitative estimate of drug-likeness (QED) is 0.767. The first-order valence-electron chi connectivity index (χ1n) is 5.37. The molecule has 2 aromatic rings. The zero-order valence-electron chi connectivity index (χ0n) is 10.1. The number of fused-ring (bicyclic) bond motifs is 1. The van der Waals surface area contributed by atoms with Gasteiger partial charge in [-0.15, -0.1) is 5.10 Å². The lowest BCUT2D eigenvalue weighted by molar-refractivity contribution is 0.0954. The van der Waals surface area contributed by atoms with Gasteiger partial charge in [0.15, 0.2) is 0 Å². The van der Waals surface area contributed by atoms with E-state index in [9.17, 15) is 0 Å². The van der Waals surface area contributed by atoms with E-state index in [4.69, 9.17) is 4.74 Å². The van der Waals surface area contributed by atoms with Crippen LogP contribution in [0.4, 0.5) is 0 Å². The van der Waals surface area contributed by atoms with Crippen molar-refractivity contribution in [1.29, 1.82) is 0 Å². The van der Waals surface area contributed by atoms with Crippen molar-refractivity contribution in [2.24, 2.45) is 0 Å². The number of para-hydroxylation sites is 1. The lowest BCUT2D eigenvalue weighted by Gasteiger charge is -2.27. The summed E-state index contributed by atoms with van der Waals surface area (Å²) >= 11 is 0. The molecule has 86 valence electrons. The van der Waals surface area contributed by atoms with Gasteiger partial charge in [-0.25, -0.2) is 4.68 Å². The topological polar surface area (TPSA) is 39.9 Å². The normalized spacial score (nSPS) is 14.2. The van der Waals surface area contributed by atoms with Crippen molar-refractivity contribution in [1.82, 2.24) is 15.0 Å². The minimum Gasteiger partial charge on any atom is -0.363 e. The van der Waals surface area contributed by atoms with Gasteiger partial charge in [-0.2, -0.15) is 0 Å². The zero-order chi connectivity index (χ0) is 11.8. The molecule has 0 spiro atoms. The first-order chi connectivity index (χ1) is 7.54. The summed E-state index contributed by atoms with van der Waals surface area (Å²) in [6, 6.07) is 7.97. The highest BCUT2D eigenvalue weighted by Crippen LogP contribution is 2.24. The van der Waals surface area contributed by atoms with Crippen molar-refractivity contribution in [2.75, 3.05) is 7.11 Å². The highest BCUT2D eigenvalue weighted by Gasteiger charge is 2.30. The SMILES string of the molecule is COC(n1nnc2ccccc21)[Si](C)(C)C. The molecule has 0 N–H and O–H groups in total. The minimum absolute atomic E-state index is 0.0277. The van der Waals surface area contributed by atoms with Crippen LogP contribution in [-0.4, -0.2) is 30.2 Å². The van der Waals surface area contributed by atoms with Gasteiger partial charge >= 0.3 is 0 Å². The van der Waals surface area contributed by atoms with Gasteiger partial charge in [0, 0.05) is 7.11 Å². The van der Waals surface area contributed by atoms with Crippen LogP contribution in [0.2, 0.25) is 19.6 Å². The molecule has 0 saturated heterocycles. The Hall–Kier alpha value is -1.20. The summed E-state index contributed by atoms with van der Waals surface area (Å²) in [6.45, 7) is 6.78. The van der Waals surface area contributed by atoms with E-state index in [0.717, 1.165) is 11.0 Å². The largest absolute Gasteiger partial charge is 0.363 e. The summed E-state index contributed by atoms with van der Waals surface area (Å²) in [7, 11) is 0.265. The number of nitrogens with zero attached hydrogens (tertiary/aromatic N) is 3. The second-order valence-corrected chi connectivity index (χ2v) is 10.2. The first kappa shape index (κ1) is 11.3. The van der Waals surface area contributed by atoms with E-state index < -0.39 is 8.07 Å². The van der Waals surface area contributed by atoms with E-state index in [1.165, 1.54) is 0 Å². The third-order valence-electron chi connectivity index (χ3n) is 2.56. The van der Waals surface area contributed by atoms with Crippen LogP contribution in [0.3, 0.4) is 0 Å². The minimum atomic E-state index is -1.47. The van der Waals surface area contributed by atoms with Gasteiger partial charge < -0.3 is 4.74 Å². The van der Waals surface area contributed by atoms with Gasteiger partial charge in [-0.3, -0.25) is 0 Å². The standard InChI is InChI=1S/C11H17N3OSi/c1-15-11(16(2,3)4)14-10-8-6-5-7-9(10)12-13-14/h5-8,11H,1-4H3. The predicted octanol–water partition coefficient (Wildman–Crippen LogP) is 2.45. The molecule has 0 aliphatic rings. The molecular weight excluding hydrogens is 218 g/mol. The number of aromatic nitrogens is 3. The number of ether oxygens (including phenoxy) is 1. The summed E-state index contributed by atoms with van der Waals surface area (Å²) in [5.74, 6) is 0.0277. The summed E-state index contributed by atoms with van der Waals surface area (Å²) in [5.41, 5.74) is 1.96. The Labute approximate surface area is 96.2 Å². The monoisotopic (exact) mass is 235 g/mol. The maximum atomic E-state index is 5.59.